The molecule has 0 aliphatic carbocycles. The van der Waals surface area contributed by atoms with Crippen molar-refractivity contribution in [2.24, 2.45) is 0 Å². The fourth-order valence-electron chi connectivity index (χ4n) is 0.891. The Morgan fingerprint density at radius 2 is 2.47 bits per heavy atom. The lowest BCUT2D eigenvalue weighted by Crippen LogP contribution is -1.96. The van der Waals surface area contributed by atoms with E-state index >= 15 is 0 Å². The first-order chi connectivity index (χ1) is 7.25. The maximum absolute atomic E-state index is 10.3. The highest BCUT2D eigenvalue weighted by molar-refractivity contribution is 8.01. The normalized spacial score (nSPS) is 10.4. The Labute approximate surface area is 93.1 Å². The fraction of sp³-hybridized carbons (Fsp3) is 0.125. The van der Waals surface area contributed by atoms with Crippen molar-refractivity contribution in [2.45, 2.75) is 4.34 Å². The van der Waals surface area contributed by atoms with Gasteiger partial charge in [-0.25, -0.2) is 0 Å². The zero-order valence-electron chi connectivity index (χ0n) is 7.41. The Kier molecular flexibility index (Phi) is 3.02. The van der Waals surface area contributed by atoms with E-state index in [0.29, 0.717) is 15.1 Å². The number of aliphatic carboxylic acids is 1. The summed E-state index contributed by atoms with van der Waals surface area (Å²) >= 11 is 2.47. The predicted octanol–water partition coefficient (Wildman–Crippen LogP) is 1.97. The number of nitrogens with zero attached hydrogens (tertiary/aromatic N) is 2. The van der Waals surface area contributed by atoms with Gasteiger partial charge >= 0.3 is 5.97 Å². The molecule has 15 heavy (non-hydrogen) atoms. The van der Waals surface area contributed by atoms with Gasteiger partial charge in [-0.1, -0.05) is 23.1 Å². The van der Waals surface area contributed by atoms with E-state index in [0.717, 1.165) is 11.8 Å². The van der Waals surface area contributed by atoms with Crippen molar-refractivity contribution in [1.29, 1.82) is 0 Å². The van der Waals surface area contributed by atoms with Crippen molar-refractivity contribution >= 4 is 29.1 Å². The van der Waals surface area contributed by atoms with Crippen molar-refractivity contribution in [3.8, 4) is 10.8 Å². The van der Waals surface area contributed by atoms with E-state index in [4.69, 9.17) is 9.52 Å². The second-order valence-corrected chi connectivity index (χ2v) is 4.73. The zero-order chi connectivity index (χ0) is 10.7. The van der Waals surface area contributed by atoms with Crippen molar-refractivity contribution in [1.82, 2.24) is 10.2 Å². The molecular weight excluding hydrogens is 236 g/mol. The molecule has 0 bridgehead atoms. The highest BCUT2D eigenvalue weighted by atomic mass is 32.2. The summed E-state index contributed by atoms with van der Waals surface area (Å²) in [5.74, 6) is -0.225. The Hall–Kier alpha value is -1.34. The number of aromatic nitrogens is 2. The van der Waals surface area contributed by atoms with Crippen LogP contribution in [0.25, 0.3) is 10.8 Å². The van der Waals surface area contributed by atoms with Crippen LogP contribution in [0.15, 0.2) is 27.2 Å². The number of hydrogen-bond acceptors (Lipinski definition) is 6. The van der Waals surface area contributed by atoms with Crippen LogP contribution in [0, 0.1) is 0 Å². The van der Waals surface area contributed by atoms with Gasteiger partial charge in [0, 0.05) is 0 Å². The second-order valence-electron chi connectivity index (χ2n) is 2.53. The summed E-state index contributed by atoms with van der Waals surface area (Å²) in [6, 6.07) is 3.55. The van der Waals surface area contributed by atoms with Crippen molar-refractivity contribution in [3.05, 3.63) is 18.4 Å². The van der Waals surface area contributed by atoms with Gasteiger partial charge in [0.05, 0.1) is 12.0 Å². The smallest absolute Gasteiger partial charge is 0.313 e. The lowest BCUT2D eigenvalue weighted by Gasteiger charge is -1.88. The predicted molar refractivity (Wildman–Crippen MR) is 56.0 cm³/mol. The van der Waals surface area contributed by atoms with Gasteiger partial charge in [0.1, 0.15) is 0 Å². The van der Waals surface area contributed by atoms with Crippen molar-refractivity contribution in [3.63, 3.8) is 0 Å². The van der Waals surface area contributed by atoms with Crippen LogP contribution in [0.3, 0.4) is 0 Å². The zero-order valence-corrected chi connectivity index (χ0v) is 9.05. The number of carboxylic acid groups (broad SMARTS) is 1. The van der Waals surface area contributed by atoms with E-state index < -0.39 is 5.97 Å². The van der Waals surface area contributed by atoms with Crippen LogP contribution < -0.4 is 0 Å². The Balaban J connectivity index is 2.08. The maximum atomic E-state index is 10.3. The molecule has 1 N–H and O–H groups in total. The molecule has 0 unspecified atom stereocenters. The van der Waals surface area contributed by atoms with Gasteiger partial charge in [-0.05, 0) is 12.1 Å². The number of carbonyl (C=O) groups is 1. The van der Waals surface area contributed by atoms with E-state index in [2.05, 4.69) is 10.2 Å². The van der Waals surface area contributed by atoms with Crippen LogP contribution in [0.5, 0.6) is 0 Å². The highest BCUT2D eigenvalue weighted by Gasteiger charge is 2.10. The van der Waals surface area contributed by atoms with Gasteiger partial charge in [-0.3, -0.25) is 4.79 Å². The van der Waals surface area contributed by atoms with E-state index in [1.54, 1.807) is 18.4 Å². The van der Waals surface area contributed by atoms with E-state index in [1.165, 1.54) is 11.3 Å². The molecule has 7 heteroatoms. The third kappa shape index (κ3) is 2.57. The van der Waals surface area contributed by atoms with Crippen molar-refractivity contribution < 1.29 is 14.3 Å². The number of furan rings is 1. The number of carboxylic acids is 1. The summed E-state index contributed by atoms with van der Waals surface area (Å²) in [5, 5.41) is 16.9. The third-order valence-electron chi connectivity index (χ3n) is 1.46. The molecular formula is C8H6N2O3S2. The van der Waals surface area contributed by atoms with Crippen LogP contribution in [-0.4, -0.2) is 27.0 Å². The first kappa shape index (κ1) is 10.2. The van der Waals surface area contributed by atoms with E-state index in [9.17, 15) is 4.79 Å². The number of thioether (sulfide) groups is 1. The third-order valence-corrected chi connectivity index (χ3v) is 3.51. The molecule has 0 saturated carbocycles. The molecule has 0 spiro atoms. The van der Waals surface area contributed by atoms with Gasteiger partial charge < -0.3 is 9.52 Å². The van der Waals surface area contributed by atoms with Crippen LogP contribution in [0.1, 0.15) is 0 Å². The van der Waals surface area contributed by atoms with Gasteiger partial charge in [-0.2, -0.15) is 0 Å². The van der Waals surface area contributed by atoms with E-state index in [-0.39, 0.29) is 5.75 Å². The maximum Gasteiger partial charge on any atom is 0.313 e. The molecule has 0 aliphatic rings. The van der Waals surface area contributed by atoms with Crippen LogP contribution in [0.2, 0.25) is 0 Å². The summed E-state index contributed by atoms with van der Waals surface area (Å²) in [5.41, 5.74) is 0. The lowest BCUT2D eigenvalue weighted by molar-refractivity contribution is -0.133. The molecule has 0 saturated heterocycles. The average Bonchev–Trinajstić information content (AvgIpc) is 2.85. The second kappa shape index (κ2) is 4.45. The Bertz CT molecular complexity index is 452. The molecule has 0 aliphatic heterocycles. The minimum atomic E-state index is -0.866. The topological polar surface area (TPSA) is 76.2 Å². The summed E-state index contributed by atoms with van der Waals surface area (Å²) < 4.78 is 5.77. The molecule has 0 aromatic carbocycles. The van der Waals surface area contributed by atoms with Gasteiger partial charge in [-0.15, -0.1) is 10.2 Å². The van der Waals surface area contributed by atoms with E-state index in [1.807, 2.05) is 0 Å². The molecule has 2 heterocycles. The number of rotatable bonds is 4. The minimum absolute atomic E-state index is 0.00715. The first-order valence-electron chi connectivity index (χ1n) is 3.97. The van der Waals surface area contributed by atoms with Gasteiger partial charge in [0.15, 0.2) is 15.1 Å². The quantitative estimate of drug-likeness (QED) is 0.826. The van der Waals surface area contributed by atoms with Crippen LogP contribution in [-0.2, 0) is 4.79 Å². The molecule has 5 nitrogen and oxygen atoms in total. The highest BCUT2D eigenvalue weighted by Crippen LogP contribution is 2.29. The molecule has 2 rings (SSSR count). The van der Waals surface area contributed by atoms with Crippen LogP contribution >= 0.6 is 23.1 Å². The van der Waals surface area contributed by atoms with Crippen molar-refractivity contribution in [2.75, 3.05) is 5.75 Å². The lowest BCUT2D eigenvalue weighted by atomic mass is 10.5. The molecule has 0 atom stereocenters. The summed E-state index contributed by atoms with van der Waals surface area (Å²) in [6.07, 6.45) is 1.56. The Morgan fingerprint density at radius 1 is 1.60 bits per heavy atom. The summed E-state index contributed by atoms with van der Waals surface area (Å²) in [7, 11) is 0. The molecule has 2 aromatic rings. The fourth-order valence-corrected chi connectivity index (χ4v) is 2.43. The SMILES string of the molecule is O=C(O)CSc1nnc(-c2ccco2)s1. The van der Waals surface area contributed by atoms with Gasteiger partial charge in [0.2, 0.25) is 0 Å². The monoisotopic (exact) mass is 242 g/mol. The van der Waals surface area contributed by atoms with Gasteiger partial charge in [0.25, 0.3) is 0 Å². The van der Waals surface area contributed by atoms with Crippen LogP contribution in [0.4, 0.5) is 0 Å². The molecule has 2 aromatic heterocycles. The minimum Gasteiger partial charge on any atom is -0.481 e. The summed E-state index contributed by atoms with van der Waals surface area (Å²) in [4.78, 5) is 10.3. The Morgan fingerprint density at radius 3 is 3.13 bits per heavy atom. The molecule has 0 fully saturated rings. The first-order valence-corrected chi connectivity index (χ1v) is 5.78. The largest absolute Gasteiger partial charge is 0.481 e. The number of hydrogen-bond donors (Lipinski definition) is 1. The standard InChI is InChI=1S/C8H6N2O3S2/c11-6(12)4-14-8-10-9-7(15-8)5-2-1-3-13-5/h1-3H,4H2,(H,11,12). The summed E-state index contributed by atoms with van der Waals surface area (Å²) in [6.45, 7) is 0. The average molecular weight is 242 g/mol. The molecule has 0 amide bonds. The molecule has 78 valence electrons. The molecule has 0 radical (unpaired) electrons.